The molecule has 0 amide bonds. The molecule has 5 nitrogen and oxygen atoms in total. The van der Waals surface area contributed by atoms with Gasteiger partial charge in [0.15, 0.2) is 0 Å². The van der Waals surface area contributed by atoms with E-state index in [1.807, 2.05) is 24.3 Å². The molecule has 2 heterocycles. The molecule has 32 heavy (non-hydrogen) atoms. The van der Waals surface area contributed by atoms with Gasteiger partial charge in [-0.2, -0.15) is 0 Å². The number of esters is 1. The van der Waals surface area contributed by atoms with Gasteiger partial charge in [0.1, 0.15) is 11.6 Å². The third-order valence-electron chi connectivity index (χ3n) is 6.57. The van der Waals surface area contributed by atoms with E-state index in [-0.39, 0.29) is 18.0 Å². The molecule has 1 aliphatic heterocycles. The van der Waals surface area contributed by atoms with Crippen molar-refractivity contribution in [1.29, 1.82) is 0 Å². The summed E-state index contributed by atoms with van der Waals surface area (Å²) in [4.78, 5) is 19.6. The van der Waals surface area contributed by atoms with E-state index in [0.717, 1.165) is 73.4 Å². The van der Waals surface area contributed by atoms with Crippen molar-refractivity contribution >= 4 is 63.4 Å². The SMILES string of the molecule is O=C(OC(c1ccc(Cl)c2nc3n(c12)CCCN3c1ccc(Cl)cc1Cl)C1CC1)C1CC1. The highest BCUT2D eigenvalue weighted by Crippen LogP contribution is 2.48. The molecule has 0 N–H and O–H groups in total. The Morgan fingerprint density at radius 3 is 2.56 bits per heavy atom. The van der Waals surface area contributed by atoms with Crippen molar-refractivity contribution in [3.8, 4) is 0 Å². The van der Waals surface area contributed by atoms with E-state index in [9.17, 15) is 4.79 Å². The Hall–Kier alpha value is -1.95. The fourth-order valence-electron chi connectivity index (χ4n) is 4.64. The first kappa shape index (κ1) is 20.6. The maximum absolute atomic E-state index is 12.5. The second-order valence-electron chi connectivity index (χ2n) is 8.97. The van der Waals surface area contributed by atoms with E-state index in [2.05, 4.69) is 9.47 Å². The lowest BCUT2D eigenvalue weighted by Gasteiger charge is -2.30. The zero-order chi connectivity index (χ0) is 22.0. The predicted molar refractivity (Wildman–Crippen MR) is 127 cm³/mol. The van der Waals surface area contributed by atoms with Crippen LogP contribution in [-0.4, -0.2) is 22.1 Å². The van der Waals surface area contributed by atoms with Crippen molar-refractivity contribution in [2.75, 3.05) is 11.4 Å². The smallest absolute Gasteiger partial charge is 0.309 e. The molecule has 1 atom stereocenters. The Morgan fingerprint density at radius 1 is 1.03 bits per heavy atom. The third-order valence-corrected chi connectivity index (χ3v) is 7.42. The van der Waals surface area contributed by atoms with Crippen molar-refractivity contribution in [3.05, 3.63) is 51.0 Å². The van der Waals surface area contributed by atoms with E-state index >= 15 is 0 Å². The molecular formula is C24H22Cl3N3O2. The van der Waals surface area contributed by atoms with Crippen molar-refractivity contribution in [2.45, 2.75) is 44.8 Å². The standard InChI is InChI=1S/C24H22Cl3N3O2/c25-15-6-9-19(18(27)12-15)29-10-1-11-30-21-16(7-8-17(26)20(21)28-24(29)30)22(13-2-3-13)32-23(31)14-4-5-14/h6-9,12-14,22H,1-5,10-11H2. The summed E-state index contributed by atoms with van der Waals surface area (Å²) in [7, 11) is 0. The van der Waals surface area contributed by atoms with Crippen LogP contribution in [0.3, 0.4) is 0 Å². The van der Waals surface area contributed by atoms with Crippen LogP contribution in [0.5, 0.6) is 0 Å². The van der Waals surface area contributed by atoms with Gasteiger partial charge >= 0.3 is 5.97 Å². The first-order chi connectivity index (χ1) is 15.5. The largest absolute Gasteiger partial charge is 0.457 e. The Bertz CT molecular complexity index is 1230. The number of nitrogens with zero attached hydrogens (tertiary/aromatic N) is 3. The zero-order valence-electron chi connectivity index (χ0n) is 17.4. The Morgan fingerprint density at radius 2 is 1.84 bits per heavy atom. The summed E-state index contributed by atoms with van der Waals surface area (Å²) in [6, 6.07) is 9.39. The van der Waals surface area contributed by atoms with Crippen LogP contribution in [0.15, 0.2) is 30.3 Å². The van der Waals surface area contributed by atoms with Crippen LogP contribution in [0.4, 0.5) is 11.6 Å². The van der Waals surface area contributed by atoms with Gasteiger partial charge in [-0.15, -0.1) is 0 Å². The molecule has 8 heteroatoms. The molecule has 0 radical (unpaired) electrons. The van der Waals surface area contributed by atoms with Crippen molar-refractivity contribution in [1.82, 2.24) is 9.55 Å². The van der Waals surface area contributed by atoms with Crippen LogP contribution in [0.25, 0.3) is 11.0 Å². The molecule has 3 aromatic rings. The zero-order valence-corrected chi connectivity index (χ0v) is 19.6. The maximum Gasteiger partial charge on any atom is 0.309 e. The van der Waals surface area contributed by atoms with Gasteiger partial charge in [0, 0.05) is 29.6 Å². The summed E-state index contributed by atoms with van der Waals surface area (Å²) in [5.41, 5.74) is 3.57. The molecule has 2 fully saturated rings. The van der Waals surface area contributed by atoms with Gasteiger partial charge in [-0.3, -0.25) is 4.79 Å². The molecule has 2 aromatic carbocycles. The molecule has 2 saturated carbocycles. The fraction of sp³-hybridized carbons (Fsp3) is 0.417. The normalized spacial score (nSPS) is 19.2. The molecule has 1 unspecified atom stereocenters. The van der Waals surface area contributed by atoms with Gasteiger partial charge < -0.3 is 14.2 Å². The number of aryl methyl sites for hydroxylation is 1. The van der Waals surface area contributed by atoms with E-state index < -0.39 is 0 Å². The van der Waals surface area contributed by atoms with Crippen LogP contribution in [0, 0.1) is 11.8 Å². The summed E-state index contributed by atoms with van der Waals surface area (Å²) in [5, 5.41) is 1.77. The number of imidazole rings is 1. The summed E-state index contributed by atoms with van der Waals surface area (Å²) in [5.74, 6) is 1.16. The number of anilines is 2. The van der Waals surface area contributed by atoms with Crippen LogP contribution in [0.2, 0.25) is 15.1 Å². The summed E-state index contributed by atoms with van der Waals surface area (Å²) in [6.45, 7) is 1.61. The second-order valence-corrected chi connectivity index (χ2v) is 10.2. The van der Waals surface area contributed by atoms with Gasteiger partial charge in [0.25, 0.3) is 0 Å². The number of aromatic nitrogens is 2. The average molecular weight is 491 g/mol. The first-order valence-electron chi connectivity index (χ1n) is 11.1. The van der Waals surface area contributed by atoms with Gasteiger partial charge in [-0.1, -0.05) is 40.9 Å². The van der Waals surface area contributed by atoms with Crippen molar-refractivity contribution < 1.29 is 9.53 Å². The predicted octanol–water partition coefficient (Wildman–Crippen LogP) is 6.94. The number of hydrogen-bond donors (Lipinski definition) is 0. The minimum absolute atomic E-state index is 0.0703. The third kappa shape index (κ3) is 3.55. The minimum Gasteiger partial charge on any atom is -0.457 e. The Labute approximate surface area is 201 Å². The molecular weight excluding hydrogens is 469 g/mol. The first-order valence-corrected chi connectivity index (χ1v) is 12.3. The molecule has 2 aliphatic carbocycles. The van der Waals surface area contributed by atoms with Crippen molar-refractivity contribution in [3.63, 3.8) is 0 Å². The molecule has 0 bridgehead atoms. The highest BCUT2D eigenvalue weighted by Gasteiger charge is 2.41. The van der Waals surface area contributed by atoms with E-state index in [0.29, 0.717) is 21.0 Å². The van der Waals surface area contributed by atoms with Crippen LogP contribution >= 0.6 is 34.8 Å². The number of ether oxygens (including phenoxy) is 1. The van der Waals surface area contributed by atoms with E-state index in [1.54, 1.807) is 6.07 Å². The molecule has 3 aliphatic rings. The fourth-order valence-corrected chi connectivity index (χ4v) is 5.34. The number of carbonyl (C=O) groups is 1. The molecule has 1 aromatic heterocycles. The topological polar surface area (TPSA) is 47.4 Å². The number of rotatable bonds is 5. The van der Waals surface area contributed by atoms with E-state index in [1.165, 1.54) is 0 Å². The number of carbonyl (C=O) groups excluding carboxylic acids is 1. The Kier molecular flexibility index (Phi) is 5.05. The molecule has 6 rings (SSSR count). The van der Waals surface area contributed by atoms with Crippen molar-refractivity contribution in [2.24, 2.45) is 11.8 Å². The van der Waals surface area contributed by atoms with Gasteiger partial charge in [0.2, 0.25) is 5.95 Å². The van der Waals surface area contributed by atoms with Crippen LogP contribution < -0.4 is 4.90 Å². The second kappa shape index (κ2) is 7.82. The molecule has 0 spiro atoms. The molecule has 0 saturated heterocycles. The average Bonchev–Trinajstić information content (AvgIpc) is 3.69. The minimum atomic E-state index is -0.252. The number of benzene rings is 2. The Balaban J connectivity index is 1.48. The van der Waals surface area contributed by atoms with E-state index in [4.69, 9.17) is 44.5 Å². The van der Waals surface area contributed by atoms with Gasteiger partial charge in [-0.25, -0.2) is 4.98 Å². The lowest BCUT2D eigenvalue weighted by molar-refractivity contribution is -0.152. The van der Waals surface area contributed by atoms with Gasteiger partial charge in [-0.05, 0) is 56.4 Å². The molecule has 166 valence electrons. The highest BCUT2D eigenvalue weighted by molar-refractivity contribution is 6.36. The number of fused-ring (bicyclic) bond motifs is 3. The summed E-state index contributed by atoms with van der Waals surface area (Å²) in [6.07, 6.45) is 4.69. The number of hydrogen-bond acceptors (Lipinski definition) is 4. The number of halogens is 3. The maximum atomic E-state index is 12.5. The highest BCUT2D eigenvalue weighted by atomic mass is 35.5. The summed E-state index contributed by atoms with van der Waals surface area (Å²) < 4.78 is 8.26. The monoisotopic (exact) mass is 489 g/mol. The van der Waals surface area contributed by atoms with Gasteiger partial charge in [0.05, 0.1) is 27.2 Å². The quantitative estimate of drug-likeness (QED) is 0.363. The summed E-state index contributed by atoms with van der Waals surface area (Å²) >= 11 is 19.3. The lowest BCUT2D eigenvalue weighted by atomic mass is 10.0. The van der Waals surface area contributed by atoms with Crippen LogP contribution in [0.1, 0.15) is 43.8 Å². The van der Waals surface area contributed by atoms with Crippen LogP contribution in [-0.2, 0) is 16.1 Å². The lowest BCUT2D eigenvalue weighted by Crippen LogP contribution is -2.28.